The Hall–Kier alpha value is -2.44. The molecule has 0 amide bonds. The summed E-state index contributed by atoms with van der Waals surface area (Å²) in [5.41, 5.74) is 6.95. The van der Waals surface area contributed by atoms with Crippen LogP contribution in [0.4, 0.5) is 10.1 Å². The average Bonchev–Trinajstić information content (AvgIpc) is 2.71. The number of hydrogen-bond donors (Lipinski definition) is 1. The van der Waals surface area contributed by atoms with Gasteiger partial charge in [-0.3, -0.25) is 9.36 Å². The Balaban J connectivity index is 2.01. The molecule has 1 aliphatic rings. The molecule has 2 N–H and O–H groups in total. The number of nitrogen functional groups attached to an aromatic ring is 1. The summed E-state index contributed by atoms with van der Waals surface area (Å²) < 4.78 is 16.6. The van der Waals surface area contributed by atoms with Crippen molar-refractivity contribution in [3.8, 4) is 0 Å². The molecule has 0 atom stereocenters. The van der Waals surface area contributed by atoms with E-state index in [1.165, 1.54) is 23.2 Å². The van der Waals surface area contributed by atoms with Crippen LogP contribution in [0.2, 0.25) is 0 Å². The quantitative estimate of drug-likeness (QED) is 0.881. The van der Waals surface area contributed by atoms with Gasteiger partial charge in [-0.25, -0.2) is 14.4 Å². The number of nitrogens with two attached hydrogens (primary N) is 1. The molecule has 0 bridgehead atoms. The summed E-state index contributed by atoms with van der Waals surface area (Å²) in [7, 11) is 1.86. The smallest absolute Gasteiger partial charge is 0.276 e. The van der Waals surface area contributed by atoms with Gasteiger partial charge in [-0.1, -0.05) is 0 Å². The first-order chi connectivity index (χ1) is 9.56. The Morgan fingerprint density at radius 2 is 2.25 bits per heavy atom. The summed E-state index contributed by atoms with van der Waals surface area (Å²) in [5, 5.41) is 0. The lowest BCUT2D eigenvalue weighted by atomic mass is 10.1. The lowest BCUT2D eigenvalue weighted by molar-refractivity contribution is 0.580. The fourth-order valence-corrected chi connectivity index (χ4v) is 2.35. The molecule has 20 heavy (non-hydrogen) atoms. The van der Waals surface area contributed by atoms with Gasteiger partial charge in [-0.2, -0.15) is 0 Å². The van der Waals surface area contributed by atoms with E-state index in [9.17, 15) is 9.18 Å². The summed E-state index contributed by atoms with van der Waals surface area (Å²) in [6.45, 7) is 0.260. The van der Waals surface area contributed by atoms with Crippen molar-refractivity contribution in [2.75, 3.05) is 5.73 Å². The zero-order valence-corrected chi connectivity index (χ0v) is 11.0. The summed E-state index contributed by atoms with van der Waals surface area (Å²) in [6.07, 6.45) is 5.20. The molecular weight excluding hydrogens is 261 g/mol. The lowest BCUT2D eigenvalue weighted by Crippen LogP contribution is -2.24. The van der Waals surface area contributed by atoms with Gasteiger partial charge in [0.1, 0.15) is 17.3 Å². The van der Waals surface area contributed by atoms with Crippen LogP contribution in [0.25, 0.3) is 6.08 Å². The van der Waals surface area contributed by atoms with Crippen LogP contribution >= 0.6 is 0 Å². The van der Waals surface area contributed by atoms with Crippen molar-refractivity contribution in [2.45, 2.75) is 19.4 Å². The summed E-state index contributed by atoms with van der Waals surface area (Å²) >= 11 is 0. The van der Waals surface area contributed by atoms with Gasteiger partial charge in [-0.05, 0) is 12.5 Å². The van der Waals surface area contributed by atoms with Crippen molar-refractivity contribution in [1.82, 2.24) is 19.1 Å². The number of nitrogens with zero attached hydrogens (tertiary/aromatic N) is 4. The molecule has 0 unspecified atom stereocenters. The third-order valence-corrected chi connectivity index (χ3v) is 3.47. The molecule has 3 rings (SSSR count). The van der Waals surface area contributed by atoms with Gasteiger partial charge >= 0.3 is 0 Å². The molecule has 2 aromatic heterocycles. The summed E-state index contributed by atoms with van der Waals surface area (Å²) in [4.78, 5) is 20.1. The predicted molar refractivity (Wildman–Crippen MR) is 72.6 cm³/mol. The molecule has 0 spiro atoms. The Bertz CT molecular complexity index is 759. The van der Waals surface area contributed by atoms with Crippen molar-refractivity contribution in [3.05, 3.63) is 45.9 Å². The van der Waals surface area contributed by atoms with E-state index in [1.54, 1.807) is 0 Å². The van der Waals surface area contributed by atoms with Gasteiger partial charge < -0.3 is 10.3 Å². The van der Waals surface area contributed by atoms with Gasteiger partial charge in [0.2, 0.25) is 0 Å². The van der Waals surface area contributed by atoms with Crippen LogP contribution in [-0.4, -0.2) is 19.1 Å². The highest BCUT2D eigenvalue weighted by molar-refractivity contribution is 5.53. The number of anilines is 1. The average molecular weight is 275 g/mol. The second-order valence-electron chi connectivity index (χ2n) is 4.79. The Morgan fingerprint density at radius 1 is 1.45 bits per heavy atom. The number of imidazole rings is 1. The zero-order valence-electron chi connectivity index (χ0n) is 11.0. The summed E-state index contributed by atoms with van der Waals surface area (Å²) in [5.74, 6) is 0.514. The number of halogens is 1. The molecule has 0 fully saturated rings. The second-order valence-corrected chi connectivity index (χ2v) is 4.79. The van der Waals surface area contributed by atoms with E-state index in [1.807, 2.05) is 11.6 Å². The van der Waals surface area contributed by atoms with Crippen LogP contribution in [0.3, 0.4) is 0 Å². The minimum absolute atomic E-state index is 0.0948. The molecule has 0 aromatic carbocycles. The van der Waals surface area contributed by atoms with E-state index in [2.05, 4.69) is 9.97 Å². The molecule has 0 saturated carbocycles. The normalized spacial score (nSPS) is 14.0. The predicted octanol–water partition coefficient (Wildman–Crippen LogP) is 0.864. The van der Waals surface area contributed by atoms with Crippen molar-refractivity contribution in [3.63, 3.8) is 0 Å². The topological polar surface area (TPSA) is 78.7 Å². The first kappa shape index (κ1) is 12.6. The number of hydrogen-bond acceptors (Lipinski definition) is 4. The first-order valence-corrected chi connectivity index (χ1v) is 6.26. The minimum Gasteiger partial charge on any atom is -0.393 e. The SMILES string of the molecule is Cn1c(Cn2cncc(N)c2=O)nc2c1CCC(F)=C2. The molecule has 0 aliphatic heterocycles. The van der Waals surface area contributed by atoms with E-state index >= 15 is 0 Å². The molecule has 104 valence electrons. The molecule has 0 radical (unpaired) electrons. The second kappa shape index (κ2) is 4.59. The highest BCUT2D eigenvalue weighted by atomic mass is 19.1. The third-order valence-electron chi connectivity index (χ3n) is 3.47. The maximum Gasteiger partial charge on any atom is 0.276 e. The molecule has 2 aromatic rings. The standard InChI is InChI=1S/C13H14FN5O/c1-18-11-3-2-8(14)4-10(11)17-12(18)6-19-7-16-5-9(15)13(19)20/h4-5,7H,2-3,6,15H2,1H3. The maximum atomic E-state index is 13.3. The van der Waals surface area contributed by atoms with Crippen molar-refractivity contribution < 1.29 is 4.39 Å². The van der Waals surface area contributed by atoms with Crippen LogP contribution in [0, 0.1) is 0 Å². The highest BCUT2D eigenvalue weighted by Crippen LogP contribution is 2.24. The van der Waals surface area contributed by atoms with Crippen LogP contribution in [0.15, 0.2) is 23.1 Å². The van der Waals surface area contributed by atoms with Gasteiger partial charge in [0, 0.05) is 19.2 Å². The van der Waals surface area contributed by atoms with Crippen LogP contribution in [0.5, 0.6) is 0 Å². The minimum atomic E-state index is -0.303. The largest absolute Gasteiger partial charge is 0.393 e. The Morgan fingerprint density at radius 3 is 3.05 bits per heavy atom. The van der Waals surface area contributed by atoms with Crippen LogP contribution < -0.4 is 11.3 Å². The van der Waals surface area contributed by atoms with Gasteiger partial charge in [0.05, 0.1) is 24.8 Å². The fraction of sp³-hybridized carbons (Fsp3) is 0.308. The Kier molecular flexibility index (Phi) is 2.89. The van der Waals surface area contributed by atoms with Crippen LogP contribution in [-0.2, 0) is 20.0 Å². The molecule has 6 nitrogen and oxygen atoms in total. The molecule has 0 saturated heterocycles. The number of allylic oxidation sites excluding steroid dienone is 1. The zero-order chi connectivity index (χ0) is 14.3. The molecule has 2 heterocycles. The van der Waals surface area contributed by atoms with Gasteiger partial charge in [-0.15, -0.1) is 0 Å². The van der Waals surface area contributed by atoms with Gasteiger partial charge in [0.15, 0.2) is 0 Å². The molecular formula is C13H14FN5O. The maximum absolute atomic E-state index is 13.3. The lowest BCUT2D eigenvalue weighted by Gasteiger charge is -2.09. The third kappa shape index (κ3) is 2.01. The van der Waals surface area contributed by atoms with E-state index in [0.29, 0.717) is 24.4 Å². The van der Waals surface area contributed by atoms with Crippen LogP contribution in [0.1, 0.15) is 23.6 Å². The fourth-order valence-electron chi connectivity index (χ4n) is 2.35. The first-order valence-electron chi connectivity index (χ1n) is 6.26. The Labute approximate surface area is 114 Å². The molecule has 7 heteroatoms. The van der Waals surface area contributed by atoms with Crippen molar-refractivity contribution in [1.29, 1.82) is 0 Å². The summed E-state index contributed by atoms with van der Waals surface area (Å²) in [6, 6.07) is 0. The highest BCUT2D eigenvalue weighted by Gasteiger charge is 2.18. The number of fused-ring (bicyclic) bond motifs is 1. The van der Waals surface area contributed by atoms with Crippen molar-refractivity contribution >= 4 is 11.8 Å². The number of aromatic nitrogens is 4. The van der Waals surface area contributed by atoms with E-state index < -0.39 is 0 Å². The van der Waals surface area contributed by atoms with Gasteiger partial charge in [0.25, 0.3) is 5.56 Å². The van der Waals surface area contributed by atoms with E-state index in [-0.39, 0.29) is 23.6 Å². The van der Waals surface area contributed by atoms with Crippen molar-refractivity contribution in [2.24, 2.45) is 7.05 Å². The monoisotopic (exact) mass is 275 g/mol. The molecule has 1 aliphatic carbocycles. The van der Waals surface area contributed by atoms with E-state index in [0.717, 1.165) is 5.69 Å². The number of rotatable bonds is 2. The van der Waals surface area contributed by atoms with E-state index in [4.69, 9.17) is 5.73 Å².